The summed E-state index contributed by atoms with van der Waals surface area (Å²) in [5, 5.41) is 8.86. The number of hydrogen-bond acceptors (Lipinski definition) is 5. The Morgan fingerprint density at radius 1 is 1.10 bits per heavy atom. The molecule has 0 amide bonds. The second-order valence-electron chi connectivity index (χ2n) is 4.61. The molecule has 3 heterocycles. The van der Waals surface area contributed by atoms with Gasteiger partial charge in [-0.25, -0.2) is 9.78 Å². The van der Waals surface area contributed by atoms with E-state index in [1.165, 1.54) is 6.07 Å². The highest BCUT2D eigenvalue weighted by Gasteiger charge is 2.21. The van der Waals surface area contributed by atoms with Crippen molar-refractivity contribution in [2.45, 2.75) is 0 Å². The largest absolute Gasteiger partial charge is 0.475 e. The number of carboxylic acids is 1. The molecule has 0 atom stereocenters. The number of carboxylic acid groups (broad SMARTS) is 1. The summed E-state index contributed by atoms with van der Waals surface area (Å²) in [5.74, 6) is 0.524. The second kappa shape index (κ2) is 5.24. The van der Waals surface area contributed by atoms with E-state index in [4.69, 9.17) is 9.52 Å². The van der Waals surface area contributed by atoms with Crippen LogP contribution < -0.4 is 9.80 Å². The monoisotopic (exact) mass is 273 g/mol. The van der Waals surface area contributed by atoms with E-state index in [1.54, 1.807) is 12.3 Å². The zero-order valence-corrected chi connectivity index (χ0v) is 10.9. The Bertz CT molecular complexity index is 589. The zero-order chi connectivity index (χ0) is 13.9. The summed E-state index contributed by atoms with van der Waals surface area (Å²) >= 11 is 0. The Hall–Kier alpha value is -2.50. The normalized spacial score (nSPS) is 15.4. The minimum atomic E-state index is -1.04. The topological polar surface area (TPSA) is 69.8 Å². The molecule has 1 saturated heterocycles. The van der Waals surface area contributed by atoms with Gasteiger partial charge >= 0.3 is 5.97 Å². The SMILES string of the molecule is O=C(O)c1ccc(N2CCN(c3ccccn3)CC2)o1. The van der Waals surface area contributed by atoms with Crippen LogP contribution in [0.3, 0.4) is 0 Å². The average molecular weight is 273 g/mol. The number of carbonyl (C=O) groups is 1. The van der Waals surface area contributed by atoms with Crippen molar-refractivity contribution in [3.8, 4) is 0 Å². The van der Waals surface area contributed by atoms with E-state index in [2.05, 4.69) is 9.88 Å². The summed E-state index contributed by atoms with van der Waals surface area (Å²) in [6.45, 7) is 3.23. The zero-order valence-electron chi connectivity index (χ0n) is 10.9. The summed E-state index contributed by atoms with van der Waals surface area (Å²) in [5.41, 5.74) is 0. The van der Waals surface area contributed by atoms with Crippen LogP contribution in [0.1, 0.15) is 10.6 Å². The van der Waals surface area contributed by atoms with Crippen LogP contribution in [0.2, 0.25) is 0 Å². The first kappa shape index (κ1) is 12.5. The lowest BCUT2D eigenvalue weighted by Crippen LogP contribution is -2.46. The number of pyridine rings is 1. The molecule has 0 radical (unpaired) electrons. The highest BCUT2D eigenvalue weighted by atomic mass is 16.4. The van der Waals surface area contributed by atoms with E-state index in [0.29, 0.717) is 5.88 Å². The summed E-state index contributed by atoms with van der Waals surface area (Å²) in [6.07, 6.45) is 1.79. The second-order valence-corrected chi connectivity index (χ2v) is 4.61. The first-order chi connectivity index (χ1) is 9.74. The summed E-state index contributed by atoms with van der Waals surface area (Å²) in [4.78, 5) is 19.4. The number of piperazine rings is 1. The molecule has 6 heteroatoms. The Morgan fingerprint density at radius 3 is 2.45 bits per heavy atom. The molecule has 1 N–H and O–H groups in total. The van der Waals surface area contributed by atoms with Gasteiger partial charge in [-0.15, -0.1) is 0 Å². The van der Waals surface area contributed by atoms with Gasteiger partial charge in [-0.1, -0.05) is 6.07 Å². The fourth-order valence-electron chi connectivity index (χ4n) is 2.31. The lowest BCUT2D eigenvalue weighted by Gasteiger charge is -2.35. The Kier molecular flexibility index (Phi) is 3.28. The maximum absolute atomic E-state index is 10.8. The highest BCUT2D eigenvalue weighted by Crippen LogP contribution is 2.21. The molecule has 0 unspecified atom stereocenters. The maximum Gasteiger partial charge on any atom is 0.371 e. The molecule has 6 nitrogen and oxygen atoms in total. The van der Waals surface area contributed by atoms with Crippen molar-refractivity contribution in [3.63, 3.8) is 0 Å². The van der Waals surface area contributed by atoms with Crippen molar-refractivity contribution in [1.82, 2.24) is 4.98 Å². The highest BCUT2D eigenvalue weighted by molar-refractivity contribution is 5.84. The number of aromatic nitrogens is 1. The van der Waals surface area contributed by atoms with Gasteiger partial charge in [0.2, 0.25) is 5.76 Å². The maximum atomic E-state index is 10.8. The molecule has 1 aliphatic heterocycles. The minimum Gasteiger partial charge on any atom is -0.475 e. The molecule has 20 heavy (non-hydrogen) atoms. The average Bonchev–Trinajstić information content (AvgIpc) is 2.98. The molecule has 0 spiro atoms. The molecule has 1 fully saturated rings. The quantitative estimate of drug-likeness (QED) is 0.918. The van der Waals surface area contributed by atoms with E-state index in [9.17, 15) is 4.79 Å². The van der Waals surface area contributed by atoms with Crippen molar-refractivity contribution in [2.75, 3.05) is 36.0 Å². The lowest BCUT2D eigenvalue weighted by molar-refractivity contribution is 0.0663. The van der Waals surface area contributed by atoms with Gasteiger partial charge in [-0.3, -0.25) is 0 Å². The van der Waals surface area contributed by atoms with Crippen LogP contribution in [-0.4, -0.2) is 42.2 Å². The number of rotatable bonds is 3. The molecule has 1 aliphatic rings. The fourth-order valence-corrected chi connectivity index (χ4v) is 2.31. The van der Waals surface area contributed by atoms with Crippen molar-refractivity contribution < 1.29 is 14.3 Å². The van der Waals surface area contributed by atoms with Crippen LogP contribution in [0.25, 0.3) is 0 Å². The molecule has 104 valence electrons. The fraction of sp³-hybridized carbons (Fsp3) is 0.286. The molecule has 0 bridgehead atoms. The van der Waals surface area contributed by atoms with Gasteiger partial charge < -0.3 is 19.3 Å². The standard InChI is InChI=1S/C14H15N3O3/c18-14(19)11-4-5-13(20-11)17-9-7-16(8-10-17)12-3-1-2-6-15-12/h1-6H,7-10H2,(H,18,19). The molecule has 0 saturated carbocycles. The number of anilines is 2. The molecule has 2 aromatic rings. The van der Waals surface area contributed by atoms with Crippen LogP contribution in [0.4, 0.5) is 11.7 Å². The van der Waals surface area contributed by atoms with Gasteiger partial charge in [0.15, 0.2) is 5.88 Å². The van der Waals surface area contributed by atoms with Crippen molar-refractivity contribution in [1.29, 1.82) is 0 Å². The molecule has 2 aromatic heterocycles. The number of nitrogens with zero attached hydrogens (tertiary/aromatic N) is 3. The van der Waals surface area contributed by atoms with Crippen LogP contribution in [0.15, 0.2) is 40.9 Å². The summed E-state index contributed by atoms with van der Waals surface area (Å²) in [7, 11) is 0. The van der Waals surface area contributed by atoms with Gasteiger partial charge in [0, 0.05) is 38.4 Å². The van der Waals surface area contributed by atoms with Gasteiger partial charge in [0.1, 0.15) is 5.82 Å². The number of hydrogen-bond donors (Lipinski definition) is 1. The van der Waals surface area contributed by atoms with Gasteiger partial charge in [0.25, 0.3) is 0 Å². The number of furan rings is 1. The predicted octanol–water partition coefficient (Wildman–Crippen LogP) is 1.70. The van der Waals surface area contributed by atoms with Crippen molar-refractivity contribution in [2.24, 2.45) is 0 Å². The summed E-state index contributed by atoms with van der Waals surface area (Å²) < 4.78 is 5.32. The van der Waals surface area contributed by atoms with Gasteiger partial charge in [-0.2, -0.15) is 0 Å². The lowest BCUT2D eigenvalue weighted by atomic mass is 10.3. The van der Waals surface area contributed by atoms with Crippen LogP contribution >= 0.6 is 0 Å². The van der Waals surface area contributed by atoms with Gasteiger partial charge in [-0.05, 0) is 18.2 Å². The summed E-state index contributed by atoms with van der Waals surface area (Å²) in [6, 6.07) is 9.06. The Balaban J connectivity index is 1.65. The third kappa shape index (κ3) is 2.45. The van der Waals surface area contributed by atoms with E-state index in [1.807, 2.05) is 23.1 Å². The predicted molar refractivity (Wildman–Crippen MR) is 74.3 cm³/mol. The first-order valence-electron chi connectivity index (χ1n) is 6.48. The van der Waals surface area contributed by atoms with E-state index in [0.717, 1.165) is 32.0 Å². The van der Waals surface area contributed by atoms with Crippen LogP contribution in [-0.2, 0) is 0 Å². The van der Waals surface area contributed by atoms with Crippen molar-refractivity contribution >= 4 is 17.7 Å². The van der Waals surface area contributed by atoms with Crippen molar-refractivity contribution in [3.05, 3.63) is 42.3 Å². The molecule has 3 rings (SSSR count). The first-order valence-corrected chi connectivity index (χ1v) is 6.48. The minimum absolute atomic E-state index is 0.0212. The third-order valence-corrected chi connectivity index (χ3v) is 3.37. The van der Waals surface area contributed by atoms with Crippen LogP contribution in [0, 0.1) is 0 Å². The smallest absolute Gasteiger partial charge is 0.371 e. The molecular formula is C14H15N3O3. The van der Waals surface area contributed by atoms with E-state index >= 15 is 0 Å². The Morgan fingerprint density at radius 2 is 1.85 bits per heavy atom. The third-order valence-electron chi connectivity index (χ3n) is 3.37. The molecule has 0 aliphatic carbocycles. The van der Waals surface area contributed by atoms with E-state index in [-0.39, 0.29) is 5.76 Å². The molecular weight excluding hydrogens is 258 g/mol. The van der Waals surface area contributed by atoms with Gasteiger partial charge in [0.05, 0.1) is 0 Å². The number of aromatic carboxylic acids is 1. The Labute approximate surface area is 116 Å². The van der Waals surface area contributed by atoms with Crippen LogP contribution in [0.5, 0.6) is 0 Å². The van der Waals surface area contributed by atoms with E-state index < -0.39 is 5.97 Å². The molecule has 0 aromatic carbocycles.